The van der Waals surface area contributed by atoms with Gasteiger partial charge in [0.1, 0.15) is 17.8 Å². The first kappa shape index (κ1) is 46.5. The van der Waals surface area contributed by atoms with Crippen molar-refractivity contribution in [2.45, 2.75) is 127 Å². The number of likely N-dealkylation sites (tertiary alicyclic amines) is 1. The van der Waals surface area contributed by atoms with E-state index in [2.05, 4.69) is 40.5 Å². The molecule has 5 fully saturated rings. The zero-order valence-electron chi connectivity index (χ0n) is 39.7. The van der Waals surface area contributed by atoms with Crippen molar-refractivity contribution < 1.29 is 24.6 Å². The zero-order valence-corrected chi connectivity index (χ0v) is 40.5. The lowest BCUT2D eigenvalue weighted by Gasteiger charge is -2.42. The van der Waals surface area contributed by atoms with Crippen molar-refractivity contribution in [2.24, 2.45) is 5.41 Å². The number of fused-ring (bicyclic) bond motifs is 4. The second-order valence-electron chi connectivity index (χ2n) is 20.7. The minimum absolute atomic E-state index is 0.0197. The SMILES string of the molecule is Cc1ncsc1-c1ccc(CNC(=O)[C@@H]2C[C@@H](O)CN2C(=O)C(NC(=O)CN2C3CCC2CC(c2cnc(N4C5CCC4CN(c4cc(-c6ccccc6O)nnc4N)C5)nc2)C3)C(C)(C)C)cc1. The molecule has 0 saturated carbocycles. The normalized spacial score (nSPS) is 24.9. The number of nitrogens with two attached hydrogens (primary N) is 1. The number of nitrogens with one attached hydrogen (secondary N) is 2. The van der Waals surface area contributed by atoms with Crippen molar-refractivity contribution in [3.63, 3.8) is 0 Å². The van der Waals surface area contributed by atoms with Gasteiger partial charge in [0, 0.05) is 74.7 Å². The van der Waals surface area contributed by atoms with Gasteiger partial charge >= 0.3 is 0 Å². The van der Waals surface area contributed by atoms with Crippen molar-refractivity contribution in [3.8, 4) is 27.4 Å². The largest absolute Gasteiger partial charge is 0.507 e. The number of aryl methyl sites for hydroxylation is 1. The summed E-state index contributed by atoms with van der Waals surface area (Å²) >= 11 is 1.59. The number of aliphatic hydroxyl groups excluding tert-OH is 1. The molecule has 362 valence electrons. The maximum Gasteiger partial charge on any atom is 0.246 e. The predicted octanol–water partition coefficient (Wildman–Crippen LogP) is 5.03. The number of aromatic hydroxyl groups is 1. The molecule has 17 nitrogen and oxygen atoms in total. The van der Waals surface area contributed by atoms with Crippen LogP contribution < -0.4 is 26.2 Å². The molecule has 5 aliphatic heterocycles. The second kappa shape index (κ2) is 18.9. The number of aliphatic hydroxyl groups is 1. The number of β-amino-alcohol motifs (C(OH)–C–C–N with tert-alkyl or cyclic N) is 1. The molecule has 4 bridgehead atoms. The summed E-state index contributed by atoms with van der Waals surface area (Å²) in [5.74, 6) is 0.584. The van der Waals surface area contributed by atoms with Crippen molar-refractivity contribution in [2.75, 3.05) is 41.7 Å². The molecule has 3 amide bonds. The van der Waals surface area contributed by atoms with E-state index in [1.54, 1.807) is 23.5 Å². The Morgan fingerprint density at radius 1 is 0.884 bits per heavy atom. The fourth-order valence-corrected chi connectivity index (χ4v) is 12.3. The van der Waals surface area contributed by atoms with Crippen LogP contribution in [0.25, 0.3) is 21.7 Å². The number of nitrogens with zero attached hydrogens (tertiary/aromatic N) is 9. The Labute approximate surface area is 406 Å². The van der Waals surface area contributed by atoms with Gasteiger partial charge in [-0.25, -0.2) is 15.0 Å². The highest BCUT2D eigenvalue weighted by Crippen LogP contribution is 2.44. The summed E-state index contributed by atoms with van der Waals surface area (Å²) in [5, 5.41) is 35.8. The van der Waals surface area contributed by atoms with E-state index in [1.165, 1.54) is 4.90 Å². The van der Waals surface area contributed by atoms with E-state index in [0.29, 0.717) is 17.1 Å². The Morgan fingerprint density at radius 2 is 1.57 bits per heavy atom. The highest BCUT2D eigenvalue weighted by molar-refractivity contribution is 7.13. The number of phenolic OH excluding ortho intramolecular Hbond substituents is 1. The van der Waals surface area contributed by atoms with Crippen LogP contribution in [0.15, 0.2) is 72.5 Å². The third-order valence-corrected chi connectivity index (χ3v) is 16.1. The molecule has 7 atom stereocenters. The summed E-state index contributed by atoms with van der Waals surface area (Å²) in [4.78, 5) is 65.7. The van der Waals surface area contributed by atoms with Gasteiger partial charge in [0.15, 0.2) is 5.82 Å². The molecular weight excluding hydrogens is 893 g/mol. The fraction of sp³-hybridized carbons (Fsp3) is 0.490. The van der Waals surface area contributed by atoms with E-state index in [0.717, 1.165) is 90.5 Å². The number of anilines is 3. The number of aromatic nitrogens is 5. The monoisotopic (exact) mass is 954 g/mol. The van der Waals surface area contributed by atoms with Gasteiger partial charge in [-0.15, -0.1) is 21.5 Å². The molecule has 8 heterocycles. The van der Waals surface area contributed by atoms with Crippen molar-refractivity contribution in [1.82, 2.24) is 45.6 Å². The molecule has 0 aliphatic carbocycles. The molecule has 0 radical (unpaired) electrons. The minimum atomic E-state index is -0.897. The van der Waals surface area contributed by atoms with E-state index >= 15 is 0 Å². The quantitative estimate of drug-likeness (QED) is 0.111. The van der Waals surface area contributed by atoms with Gasteiger partial charge in [0.05, 0.1) is 40.1 Å². The lowest BCUT2D eigenvalue weighted by molar-refractivity contribution is -0.144. The Balaban J connectivity index is 0.736. The van der Waals surface area contributed by atoms with Crippen molar-refractivity contribution >= 4 is 46.5 Å². The van der Waals surface area contributed by atoms with Gasteiger partial charge in [-0.1, -0.05) is 57.2 Å². The number of amides is 3. The third kappa shape index (κ3) is 9.45. The Morgan fingerprint density at radius 3 is 2.22 bits per heavy atom. The standard InChI is InChI=1S/C51H62N12O5S/c1-29-45(69-28-56-29)31-11-9-30(10-12-31)21-53-48(67)42-19-38(64)26-62(42)49(68)46(51(2,3)4)57-44(66)27-61-34-13-14-35(61)18-32(17-34)33-22-54-50(55-23-33)63-36-15-16-37(63)25-60(24-36)41-20-40(58-59-47(41)52)39-7-5-6-8-43(39)65/h5-12,20,22-23,28,32,34-38,42,46,64-65H,13-19,21,24-27H2,1-4H3,(H2,52,59)(H,53,67)(H,57,66)/t32?,34?,35?,36?,37?,38-,42+,46?/m1/s1. The number of piperidine rings is 1. The lowest BCUT2D eigenvalue weighted by Crippen LogP contribution is -2.59. The van der Waals surface area contributed by atoms with Gasteiger partial charge < -0.3 is 41.3 Å². The van der Waals surface area contributed by atoms with Crippen LogP contribution in [0.1, 0.15) is 88.5 Å². The van der Waals surface area contributed by atoms with Crippen LogP contribution in [-0.4, -0.2) is 131 Å². The van der Waals surface area contributed by atoms with E-state index in [1.807, 2.05) is 88.1 Å². The van der Waals surface area contributed by atoms with E-state index in [-0.39, 0.29) is 79.6 Å². The Hall–Kier alpha value is -6.24. The number of carbonyl (C=O) groups excluding carboxylic acids is 3. The average molecular weight is 955 g/mol. The summed E-state index contributed by atoms with van der Waals surface area (Å²) in [6.07, 6.45) is 9.06. The number of phenols is 1. The Bertz CT molecular complexity index is 2670. The third-order valence-electron chi connectivity index (χ3n) is 15.1. The summed E-state index contributed by atoms with van der Waals surface area (Å²) in [7, 11) is 0. The fourth-order valence-electron chi connectivity index (χ4n) is 11.5. The molecule has 18 heteroatoms. The molecule has 6 N–H and O–H groups in total. The van der Waals surface area contributed by atoms with E-state index < -0.39 is 23.6 Å². The predicted molar refractivity (Wildman–Crippen MR) is 264 cm³/mol. The Kier molecular flexibility index (Phi) is 12.8. The molecule has 5 aliphatic rings. The maximum atomic E-state index is 14.4. The molecule has 10 rings (SSSR count). The van der Waals surface area contributed by atoms with Crippen LogP contribution in [0.3, 0.4) is 0 Å². The number of carbonyl (C=O) groups is 3. The van der Waals surface area contributed by atoms with Gasteiger partial charge in [0.2, 0.25) is 23.7 Å². The van der Waals surface area contributed by atoms with E-state index in [4.69, 9.17) is 15.7 Å². The van der Waals surface area contributed by atoms with Crippen molar-refractivity contribution in [3.05, 3.63) is 89.3 Å². The van der Waals surface area contributed by atoms with Crippen LogP contribution in [0.4, 0.5) is 17.5 Å². The summed E-state index contributed by atoms with van der Waals surface area (Å²) < 4.78 is 0. The molecule has 5 unspecified atom stereocenters. The van der Waals surface area contributed by atoms with Crippen LogP contribution in [-0.2, 0) is 20.9 Å². The average Bonchev–Trinajstić information content (AvgIpc) is 4.07. The first-order valence-electron chi connectivity index (χ1n) is 24.3. The van der Waals surface area contributed by atoms with Gasteiger partial charge in [-0.2, -0.15) is 0 Å². The van der Waals surface area contributed by atoms with Crippen molar-refractivity contribution in [1.29, 1.82) is 0 Å². The number of nitrogen functional groups attached to an aromatic ring is 1. The molecular formula is C51H62N12O5S. The molecule has 69 heavy (non-hydrogen) atoms. The number of rotatable bonds is 12. The van der Waals surface area contributed by atoms with Gasteiger partial charge in [-0.3, -0.25) is 19.3 Å². The first-order valence-corrected chi connectivity index (χ1v) is 25.1. The molecule has 3 aromatic heterocycles. The summed E-state index contributed by atoms with van der Waals surface area (Å²) in [6.45, 7) is 9.66. The lowest BCUT2D eigenvalue weighted by atomic mass is 9.85. The summed E-state index contributed by atoms with van der Waals surface area (Å²) in [5.41, 5.74) is 13.6. The zero-order chi connectivity index (χ0) is 48.1. The van der Waals surface area contributed by atoms with Crippen LogP contribution in [0.2, 0.25) is 0 Å². The second-order valence-corrected chi connectivity index (χ2v) is 21.6. The molecule has 5 saturated heterocycles. The topological polar surface area (TPSA) is 219 Å². The number of hydrogen-bond acceptors (Lipinski definition) is 15. The smallest absolute Gasteiger partial charge is 0.246 e. The number of hydrogen-bond donors (Lipinski definition) is 5. The molecule has 2 aromatic carbocycles. The van der Waals surface area contributed by atoms with Crippen LogP contribution in [0, 0.1) is 12.3 Å². The maximum absolute atomic E-state index is 14.4. The highest BCUT2D eigenvalue weighted by atomic mass is 32.1. The van der Waals surface area contributed by atoms with E-state index in [9.17, 15) is 24.6 Å². The number of para-hydroxylation sites is 1. The minimum Gasteiger partial charge on any atom is -0.507 e. The highest BCUT2D eigenvalue weighted by Gasteiger charge is 2.47. The summed E-state index contributed by atoms with van der Waals surface area (Å²) in [6, 6.07) is 16.1. The van der Waals surface area contributed by atoms with Crippen LogP contribution in [0.5, 0.6) is 5.75 Å². The number of piperazine rings is 1. The van der Waals surface area contributed by atoms with Gasteiger partial charge in [-0.05, 0) is 91.7 Å². The number of benzene rings is 2. The van der Waals surface area contributed by atoms with Crippen LogP contribution >= 0.6 is 11.3 Å². The molecule has 5 aromatic rings. The van der Waals surface area contributed by atoms with Gasteiger partial charge in [0.25, 0.3) is 0 Å². The molecule has 0 spiro atoms. The first-order chi connectivity index (χ1) is 33.2. The number of thiazole rings is 1.